The fourth-order valence-electron chi connectivity index (χ4n) is 3.60. The van der Waals surface area contributed by atoms with Crippen molar-refractivity contribution in [3.8, 4) is 17.0 Å². The summed E-state index contributed by atoms with van der Waals surface area (Å²) in [4.78, 5) is 17.4. The monoisotopic (exact) mass is 491 g/mol. The van der Waals surface area contributed by atoms with E-state index in [0.717, 1.165) is 38.4 Å². The highest BCUT2D eigenvalue weighted by Gasteiger charge is 2.15. The van der Waals surface area contributed by atoms with Crippen LogP contribution < -0.4 is 10.1 Å². The van der Waals surface area contributed by atoms with E-state index in [1.807, 2.05) is 86.8 Å². The van der Waals surface area contributed by atoms with Crippen LogP contribution in [-0.2, 0) is 17.8 Å². The molecule has 6 heteroatoms. The molecule has 0 unspecified atom stereocenters. The molecular formula is C26H26BrN3O2. The summed E-state index contributed by atoms with van der Waals surface area (Å²) in [6.07, 6.45) is 3.13. The molecule has 2 heterocycles. The first-order valence-corrected chi connectivity index (χ1v) is 11.5. The Morgan fingerprint density at radius 3 is 2.53 bits per heavy atom. The van der Waals surface area contributed by atoms with Gasteiger partial charge in [0.25, 0.3) is 0 Å². The smallest absolute Gasteiger partial charge is 0.220 e. The molecule has 5 nitrogen and oxygen atoms in total. The van der Waals surface area contributed by atoms with Crippen molar-refractivity contribution in [1.82, 2.24) is 14.7 Å². The van der Waals surface area contributed by atoms with Crippen molar-refractivity contribution < 1.29 is 9.53 Å². The standard InChI is InChI=1S/C26H26BrN3O2/c1-18(2)32-22-12-6-19(7-13-22)17-28-25(31)15-14-23-26(20-8-10-21(27)11-9-20)29-24-5-3-4-16-30(23)24/h3-13,16,18H,14-15,17H2,1-2H3,(H,28,31). The van der Waals surface area contributed by atoms with E-state index in [1.165, 1.54) is 0 Å². The summed E-state index contributed by atoms with van der Waals surface area (Å²) >= 11 is 3.49. The predicted molar refractivity (Wildman–Crippen MR) is 131 cm³/mol. The molecule has 2 aromatic heterocycles. The highest BCUT2D eigenvalue weighted by molar-refractivity contribution is 9.10. The van der Waals surface area contributed by atoms with Crippen LogP contribution in [0.25, 0.3) is 16.9 Å². The Balaban J connectivity index is 1.43. The zero-order chi connectivity index (χ0) is 22.5. The Bertz CT molecular complexity index is 1200. The van der Waals surface area contributed by atoms with Gasteiger partial charge in [-0.1, -0.05) is 46.3 Å². The van der Waals surface area contributed by atoms with E-state index in [-0.39, 0.29) is 12.0 Å². The molecule has 164 valence electrons. The molecule has 0 bridgehead atoms. The summed E-state index contributed by atoms with van der Waals surface area (Å²) in [5.74, 6) is 0.850. The average Bonchev–Trinajstić information content (AvgIpc) is 3.16. The zero-order valence-corrected chi connectivity index (χ0v) is 19.8. The highest BCUT2D eigenvalue weighted by atomic mass is 79.9. The number of hydrogen-bond acceptors (Lipinski definition) is 3. The molecule has 4 rings (SSSR count). The third-order valence-corrected chi connectivity index (χ3v) is 5.65. The molecule has 1 N–H and O–H groups in total. The maximum atomic E-state index is 12.6. The number of aryl methyl sites for hydroxylation is 1. The molecule has 4 aromatic rings. The van der Waals surface area contributed by atoms with Gasteiger partial charge in [0, 0.05) is 29.2 Å². The van der Waals surface area contributed by atoms with E-state index in [4.69, 9.17) is 9.72 Å². The summed E-state index contributed by atoms with van der Waals surface area (Å²) in [6, 6.07) is 21.9. The minimum absolute atomic E-state index is 0.0140. The average molecular weight is 492 g/mol. The Morgan fingerprint density at radius 1 is 1.06 bits per heavy atom. The number of aromatic nitrogens is 2. The molecule has 0 fully saturated rings. The van der Waals surface area contributed by atoms with Gasteiger partial charge >= 0.3 is 0 Å². The van der Waals surface area contributed by atoms with Gasteiger partial charge in [-0.25, -0.2) is 4.98 Å². The van der Waals surface area contributed by atoms with Crippen LogP contribution in [0.5, 0.6) is 5.75 Å². The van der Waals surface area contributed by atoms with Crippen LogP contribution in [0.15, 0.2) is 77.4 Å². The summed E-state index contributed by atoms with van der Waals surface area (Å²) in [6.45, 7) is 4.49. The van der Waals surface area contributed by atoms with Crippen LogP contribution in [0.2, 0.25) is 0 Å². The fourth-order valence-corrected chi connectivity index (χ4v) is 3.87. The second-order valence-electron chi connectivity index (χ2n) is 7.93. The lowest BCUT2D eigenvalue weighted by Crippen LogP contribution is -2.23. The van der Waals surface area contributed by atoms with Crippen molar-refractivity contribution in [3.63, 3.8) is 0 Å². The number of amides is 1. The Morgan fingerprint density at radius 2 is 1.81 bits per heavy atom. The maximum Gasteiger partial charge on any atom is 0.220 e. The lowest BCUT2D eigenvalue weighted by molar-refractivity contribution is -0.121. The van der Waals surface area contributed by atoms with Crippen molar-refractivity contribution >= 4 is 27.5 Å². The number of pyridine rings is 1. The molecule has 0 aliphatic rings. The number of nitrogens with zero attached hydrogens (tertiary/aromatic N) is 2. The maximum absolute atomic E-state index is 12.6. The van der Waals surface area contributed by atoms with Crippen LogP contribution in [0.3, 0.4) is 0 Å². The van der Waals surface area contributed by atoms with Gasteiger partial charge in [0.05, 0.1) is 17.5 Å². The summed E-state index contributed by atoms with van der Waals surface area (Å²) in [5.41, 5.74) is 4.91. The van der Waals surface area contributed by atoms with Gasteiger partial charge in [0.15, 0.2) is 0 Å². The third-order valence-electron chi connectivity index (χ3n) is 5.12. The van der Waals surface area contributed by atoms with E-state index in [1.54, 1.807) is 0 Å². The second-order valence-corrected chi connectivity index (χ2v) is 8.85. The first-order chi connectivity index (χ1) is 15.5. The number of benzene rings is 2. The lowest BCUT2D eigenvalue weighted by Gasteiger charge is -2.11. The third kappa shape index (κ3) is 5.37. The Kier molecular flexibility index (Phi) is 6.90. The fraction of sp³-hybridized carbons (Fsp3) is 0.231. The normalized spacial score (nSPS) is 11.1. The van der Waals surface area contributed by atoms with Crippen molar-refractivity contribution in [2.45, 2.75) is 39.3 Å². The minimum atomic E-state index is 0.0140. The van der Waals surface area contributed by atoms with Gasteiger partial charge in [0.2, 0.25) is 5.91 Å². The van der Waals surface area contributed by atoms with Crippen molar-refractivity contribution in [2.24, 2.45) is 0 Å². The van der Waals surface area contributed by atoms with E-state index < -0.39 is 0 Å². The van der Waals surface area contributed by atoms with Gasteiger partial charge in [-0.05, 0) is 62.2 Å². The number of hydrogen-bond donors (Lipinski definition) is 1. The van der Waals surface area contributed by atoms with E-state index in [0.29, 0.717) is 19.4 Å². The first kappa shape index (κ1) is 22.1. The molecule has 0 aliphatic carbocycles. The Labute approximate surface area is 196 Å². The quantitative estimate of drug-likeness (QED) is 0.338. The molecule has 0 saturated carbocycles. The molecule has 0 spiro atoms. The number of imidazole rings is 1. The molecule has 32 heavy (non-hydrogen) atoms. The molecule has 2 aromatic carbocycles. The van der Waals surface area contributed by atoms with Gasteiger partial charge < -0.3 is 14.5 Å². The summed E-state index contributed by atoms with van der Waals surface area (Å²) < 4.78 is 8.76. The number of carbonyl (C=O) groups is 1. The molecule has 0 radical (unpaired) electrons. The number of carbonyl (C=O) groups excluding carboxylic acids is 1. The van der Waals surface area contributed by atoms with Crippen LogP contribution in [-0.4, -0.2) is 21.4 Å². The second kappa shape index (κ2) is 10.0. The van der Waals surface area contributed by atoms with Crippen LogP contribution in [0.4, 0.5) is 0 Å². The lowest BCUT2D eigenvalue weighted by atomic mass is 10.1. The molecule has 0 aliphatic heterocycles. The number of ether oxygens (including phenoxy) is 1. The van der Waals surface area contributed by atoms with E-state index >= 15 is 0 Å². The summed E-state index contributed by atoms with van der Waals surface area (Å²) in [5, 5.41) is 3.02. The number of fused-ring (bicyclic) bond motifs is 1. The van der Waals surface area contributed by atoms with Crippen molar-refractivity contribution in [1.29, 1.82) is 0 Å². The van der Waals surface area contributed by atoms with Gasteiger partial charge in [0.1, 0.15) is 11.4 Å². The SMILES string of the molecule is CC(C)Oc1ccc(CNC(=O)CCc2c(-c3ccc(Br)cc3)nc3ccccn23)cc1. The van der Waals surface area contributed by atoms with Crippen molar-refractivity contribution in [2.75, 3.05) is 0 Å². The molecule has 0 saturated heterocycles. The van der Waals surface area contributed by atoms with Gasteiger partial charge in [-0.2, -0.15) is 0 Å². The Hall–Kier alpha value is -3.12. The molecular weight excluding hydrogens is 466 g/mol. The van der Waals surface area contributed by atoms with Gasteiger partial charge in [-0.3, -0.25) is 4.79 Å². The van der Waals surface area contributed by atoms with Crippen LogP contribution in [0, 0.1) is 0 Å². The van der Waals surface area contributed by atoms with E-state index in [9.17, 15) is 4.79 Å². The first-order valence-electron chi connectivity index (χ1n) is 10.7. The van der Waals surface area contributed by atoms with Gasteiger partial charge in [-0.15, -0.1) is 0 Å². The van der Waals surface area contributed by atoms with Crippen molar-refractivity contribution in [3.05, 3.63) is 88.7 Å². The van der Waals surface area contributed by atoms with Crippen LogP contribution >= 0.6 is 15.9 Å². The topological polar surface area (TPSA) is 55.6 Å². The number of halogens is 1. The minimum Gasteiger partial charge on any atom is -0.491 e. The highest BCUT2D eigenvalue weighted by Crippen LogP contribution is 2.27. The zero-order valence-electron chi connectivity index (χ0n) is 18.2. The number of rotatable bonds is 8. The van der Waals surface area contributed by atoms with Crippen LogP contribution in [0.1, 0.15) is 31.5 Å². The molecule has 1 amide bonds. The predicted octanol–water partition coefficient (Wildman–Crippen LogP) is 5.80. The van der Waals surface area contributed by atoms with E-state index in [2.05, 4.69) is 25.6 Å². The molecule has 0 atom stereocenters. The largest absolute Gasteiger partial charge is 0.491 e. The summed E-state index contributed by atoms with van der Waals surface area (Å²) in [7, 11) is 0. The number of nitrogens with one attached hydrogen (secondary N) is 1.